The summed E-state index contributed by atoms with van der Waals surface area (Å²) in [7, 11) is 0. The average molecular weight is 1060 g/mol. The molecule has 6 nitrogen and oxygen atoms in total. The highest BCUT2D eigenvalue weighted by molar-refractivity contribution is 5.71. The van der Waals surface area contributed by atoms with Gasteiger partial charge in [0.2, 0.25) is 0 Å². The number of esters is 3. The van der Waals surface area contributed by atoms with Crippen molar-refractivity contribution in [3.63, 3.8) is 0 Å². The first kappa shape index (κ1) is 73.4. The molecule has 0 saturated carbocycles. The second-order valence-electron chi connectivity index (χ2n) is 23.8. The van der Waals surface area contributed by atoms with E-state index in [9.17, 15) is 14.4 Å². The van der Waals surface area contributed by atoms with Crippen molar-refractivity contribution in [2.75, 3.05) is 13.2 Å². The van der Waals surface area contributed by atoms with Crippen molar-refractivity contribution in [3.8, 4) is 0 Å². The summed E-state index contributed by atoms with van der Waals surface area (Å²) in [6, 6.07) is 0. The highest BCUT2D eigenvalue weighted by Crippen LogP contribution is 2.19. The molecule has 1 unspecified atom stereocenters. The normalized spacial score (nSPS) is 11.9. The van der Waals surface area contributed by atoms with Gasteiger partial charge in [0.1, 0.15) is 13.2 Å². The van der Waals surface area contributed by atoms with Crippen molar-refractivity contribution in [2.24, 2.45) is 0 Å². The second kappa shape index (κ2) is 64.9. The standard InChI is InChI=1S/C69H134O6/c1-4-7-10-13-16-19-22-25-28-29-30-31-32-33-34-35-36-37-38-39-40-41-42-45-47-50-53-56-59-62-68(71)74-65-66(75-69(72)63-60-57-54-51-48-44-27-24-21-18-15-12-9-6-3)64-73-67(70)61-58-55-52-49-46-43-26-23-20-17-14-11-8-5-2/h66H,4-65H2,1-3H3. The molecule has 0 amide bonds. The molecule has 0 fully saturated rings. The maximum absolute atomic E-state index is 12.9. The zero-order valence-electron chi connectivity index (χ0n) is 51.4. The number of unbranched alkanes of at least 4 members (excludes halogenated alkanes) is 54. The van der Waals surface area contributed by atoms with E-state index in [0.717, 1.165) is 57.8 Å². The first-order valence-electron chi connectivity index (χ1n) is 34.5. The third-order valence-electron chi connectivity index (χ3n) is 16.1. The van der Waals surface area contributed by atoms with E-state index in [1.54, 1.807) is 0 Å². The Morgan fingerprint density at radius 2 is 0.360 bits per heavy atom. The van der Waals surface area contributed by atoms with E-state index in [1.165, 1.54) is 308 Å². The first-order chi connectivity index (χ1) is 37.0. The largest absolute Gasteiger partial charge is 0.462 e. The predicted octanol–water partition coefficient (Wildman–Crippen LogP) is 23.5. The van der Waals surface area contributed by atoms with Gasteiger partial charge in [-0.25, -0.2) is 0 Å². The summed E-state index contributed by atoms with van der Waals surface area (Å²) in [6.45, 7) is 6.73. The Morgan fingerprint density at radius 1 is 0.213 bits per heavy atom. The van der Waals surface area contributed by atoms with Gasteiger partial charge in [-0.2, -0.15) is 0 Å². The van der Waals surface area contributed by atoms with Gasteiger partial charge in [0.25, 0.3) is 0 Å². The van der Waals surface area contributed by atoms with Crippen LogP contribution in [0.3, 0.4) is 0 Å². The van der Waals surface area contributed by atoms with E-state index in [4.69, 9.17) is 14.2 Å². The van der Waals surface area contributed by atoms with Crippen LogP contribution >= 0.6 is 0 Å². The molecular formula is C69H134O6. The van der Waals surface area contributed by atoms with E-state index in [0.29, 0.717) is 19.3 Å². The lowest BCUT2D eigenvalue weighted by Gasteiger charge is -2.18. The fraction of sp³-hybridized carbons (Fsp3) is 0.957. The zero-order valence-corrected chi connectivity index (χ0v) is 51.4. The van der Waals surface area contributed by atoms with Gasteiger partial charge < -0.3 is 14.2 Å². The van der Waals surface area contributed by atoms with Crippen molar-refractivity contribution in [2.45, 2.75) is 412 Å². The summed E-state index contributed by atoms with van der Waals surface area (Å²) < 4.78 is 17.0. The second-order valence-corrected chi connectivity index (χ2v) is 23.8. The molecular weight excluding hydrogens is 925 g/mol. The monoisotopic (exact) mass is 1060 g/mol. The van der Waals surface area contributed by atoms with Gasteiger partial charge in [-0.1, -0.05) is 367 Å². The Kier molecular flexibility index (Phi) is 63.6. The molecule has 75 heavy (non-hydrogen) atoms. The molecule has 1 atom stereocenters. The molecule has 0 N–H and O–H groups in total. The van der Waals surface area contributed by atoms with Crippen molar-refractivity contribution in [3.05, 3.63) is 0 Å². The molecule has 0 aliphatic rings. The minimum Gasteiger partial charge on any atom is -0.462 e. The fourth-order valence-corrected chi connectivity index (χ4v) is 10.9. The minimum atomic E-state index is -0.762. The number of rotatable bonds is 65. The van der Waals surface area contributed by atoms with Gasteiger partial charge in [0.15, 0.2) is 6.10 Å². The topological polar surface area (TPSA) is 78.9 Å². The van der Waals surface area contributed by atoms with Crippen molar-refractivity contribution in [1.29, 1.82) is 0 Å². The van der Waals surface area contributed by atoms with Crippen molar-refractivity contribution < 1.29 is 28.6 Å². The van der Waals surface area contributed by atoms with Gasteiger partial charge in [0, 0.05) is 19.3 Å². The summed E-state index contributed by atoms with van der Waals surface area (Å²) in [5.74, 6) is -0.824. The predicted molar refractivity (Wildman–Crippen MR) is 326 cm³/mol. The molecule has 0 rings (SSSR count). The van der Waals surface area contributed by atoms with Gasteiger partial charge in [-0.3, -0.25) is 14.4 Å². The van der Waals surface area contributed by atoms with Crippen LogP contribution in [0.2, 0.25) is 0 Å². The van der Waals surface area contributed by atoms with E-state index in [-0.39, 0.29) is 31.1 Å². The summed E-state index contributed by atoms with van der Waals surface area (Å²) in [5, 5.41) is 0. The van der Waals surface area contributed by atoms with Gasteiger partial charge in [-0.05, 0) is 19.3 Å². The third kappa shape index (κ3) is 63.1. The van der Waals surface area contributed by atoms with Gasteiger partial charge in [0.05, 0.1) is 0 Å². The summed E-state index contributed by atoms with van der Waals surface area (Å²) in [4.78, 5) is 38.3. The Hall–Kier alpha value is -1.59. The Balaban J connectivity index is 4.10. The maximum atomic E-state index is 12.9. The Labute approximate surface area is 469 Å². The SMILES string of the molecule is CCCCCCCCCCCCCCCCCCCCCCCCCCCCCCCC(=O)OCC(COC(=O)CCCCCCCCCCCCCCCC)OC(=O)CCCCCCCCCCCCCCCC. The molecule has 0 spiro atoms. The van der Waals surface area contributed by atoms with Crippen LogP contribution in [0, 0.1) is 0 Å². The molecule has 0 heterocycles. The molecule has 446 valence electrons. The van der Waals surface area contributed by atoms with Crippen LogP contribution in [0.1, 0.15) is 406 Å². The maximum Gasteiger partial charge on any atom is 0.306 e. The van der Waals surface area contributed by atoms with Crippen LogP contribution in [0.5, 0.6) is 0 Å². The lowest BCUT2D eigenvalue weighted by molar-refractivity contribution is -0.167. The number of carbonyl (C=O) groups is 3. The number of ether oxygens (including phenoxy) is 3. The molecule has 6 heteroatoms. The van der Waals surface area contributed by atoms with Crippen LogP contribution < -0.4 is 0 Å². The highest BCUT2D eigenvalue weighted by Gasteiger charge is 2.19. The Morgan fingerprint density at radius 3 is 0.533 bits per heavy atom. The lowest BCUT2D eigenvalue weighted by Crippen LogP contribution is -2.30. The minimum absolute atomic E-state index is 0.0605. The molecule has 0 bridgehead atoms. The van der Waals surface area contributed by atoms with E-state index >= 15 is 0 Å². The van der Waals surface area contributed by atoms with E-state index in [1.807, 2.05) is 0 Å². The summed E-state index contributed by atoms with van der Waals surface area (Å²) >= 11 is 0. The average Bonchev–Trinajstić information content (AvgIpc) is 3.41. The smallest absolute Gasteiger partial charge is 0.306 e. The third-order valence-corrected chi connectivity index (χ3v) is 16.1. The van der Waals surface area contributed by atoms with Gasteiger partial charge in [-0.15, -0.1) is 0 Å². The summed E-state index contributed by atoms with van der Waals surface area (Å²) in [6.07, 6.45) is 75.7. The molecule has 0 radical (unpaired) electrons. The lowest BCUT2D eigenvalue weighted by atomic mass is 10.0. The molecule has 0 saturated heterocycles. The number of hydrogen-bond acceptors (Lipinski definition) is 6. The Bertz CT molecular complexity index is 1120. The zero-order chi connectivity index (χ0) is 54.3. The van der Waals surface area contributed by atoms with Gasteiger partial charge >= 0.3 is 17.9 Å². The molecule has 0 aliphatic carbocycles. The van der Waals surface area contributed by atoms with Crippen molar-refractivity contribution in [1.82, 2.24) is 0 Å². The van der Waals surface area contributed by atoms with E-state index < -0.39 is 6.10 Å². The fourth-order valence-electron chi connectivity index (χ4n) is 10.9. The molecule has 0 aromatic rings. The molecule has 0 aliphatic heterocycles. The van der Waals surface area contributed by atoms with Crippen LogP contribution in [-0.4, -0.2) is 37.2 Å². The quantitative estimate of drug-likeness (QED) is 0.0343. The molecule has 0 aromatic heterocycles. The van der Waals surface area contributed by atoms with Crippen LogP contribution in [-0.2, 0) is 28.6 Å². The van der Waals surface area contributed by atoms with E-state index in [2.05, 4.69) is 20.8 Å². The van der Waals surface area contributed by atoms with Crippen molar-refractivity contribution >= 4 is 17.9 Å². The number of carbonyl (C=O) groups excluding carboxylic acids is 3. The molecule has 0 aromatic carbocycles. The summed E-state index contributed by atoms with van der Waals surface area (Å²) in [5.41, 5.74) is 0. The first-order valence-corrected chi connectivity index (χ1v) is 34.5. The highest BCUT2D eigenvalue weighted by atomic mass is 16.6. The number of hydrogen-bond donors (Lipinski definition) is 0. The van der Waals surface area contributed by atoms with Crippen LogP contribution in [0.25, 0.3) is 0 Å². The van der Waals surface area contributed by atoms with Crippen LogP contribution in [0.15, 0.2) is 0 Å². The van der Waals surface area contributed by atoms with Crippen LogP contribution in [0.4, 0.5) is 0 Å².